The van der Waals surface area contributed by atoms with E-state index in [2.05, 4.69) is 20.1 Å². The molecule has 0 aliphatic carbocycles. The van der Waals surface area contributed by atoms with E-state index >= 15 is 0 Å². The zero-order valence-corrected chi connectivity index (χ0v) is 13.7. The van der Waals surface area contributed by atoms with Crippen LogP contribution in [-0.2, 0) is 16.2 Å². The summed E-state index contributed by atoms with van der Waals surface area (Å²) in [4.78, 5) is 12.6. The van der Waals surface area contributed by atoms with Gasteiger partial charge in [0.1, 0.15) is 18.5 Å². The molecule has 0 unspecified atom stereocenters. The fourth-order valence-electron chi connectivity index (χ4n) is 2.19. The van der Waals surface area contributed by atoms with Gasteiger partial charge in [-0.3, -0.25) is 4.98 Å². The number of rotatable bonds is 7. The normalized spacial score (nSPS) is 10.6. The maximum atomic E-state index is 9.06. The summed E-state index contributed by atoms with van der Waals surface area (Å²) >= 11 is 0. The minimum absolute atomic E-state index is 0.223. The Kier molecular flexibility index (Phi) is 5.41. The third-order valence-corrected chi connectivity index (χ3v) is 3.39. The van der Waals surface area contributed by atoms with Crippen LogP contribution >= 0.6 is 0 Å². The second-order valence-corrected chi connectivity index (χ2v) is 5.07. The van der Waals surface area contributed by atoms with Crippen molar-refractivity contribution in [2.24, 2.45) is 0 Å². The van der Waals surface area contributed by atoms with Crippen LogP contribution in [0.3, 0.4) is 0 Å². The Morgan fingerprint density at radius 2 is 1.92 bits per heavy atom. The molecule has 0 N–H and O–H groups in total. The van der Waals surface area contributed by atoms with Crippen molar-refractivity contribution in [1.82, 2.24) is 24.7 Å². The fourth-order valence-corrected chi connectivity index (χ4v) is 2.19. The maximum Gasteiger partial charge on any atom is 0.181 e. The van der Waals surface area contributed by atoms with E-state index in [1.807, 2.05) is 18.2 Å². The van der Waals surface area contributed by atoms with Gasteiger partial charge in [0, 0.05) is 36.8 Å². The number of methoxy groups -OCH3 is 1. The molecule has 0 aromatic carbocycles. The van der Waals surface area contributed by atoms with E-state index in [1.54, 1.807) is 42.5 Å². The summed E-state index contributed by atoms with van der Waals surface area (Å²) in [5, 5.41) is 13.6. The van der Waals surface area contributed by atoms with Crippen LogP contribution in [0.25, 0.3) is 22.8 Å². The maximum absolute atomic E-state index is 9.06. The van der Waals surface area contributed by atoms with E-state index in [0.717, 1.165) is 11.1 Å². The number of hydrogen-bond acceptors (Lipinski definition) is 7. The van der Waals surface area contributed by atoms with Gasteiger partial charge >= 0.3 is 0 Å². The number of aromatic nitrogens is 5. The van der Waals surface area contributed by atoms with Crippen LogP contribution in [0.2, 0.25) is 0 Å². The lowest BCUT2D eigenvalue weighted by Crippen LogP contribution is -2.10. The molecule has 0 atom stereocenters. The first-order chi connectivity index (χ1) is 12.3. The highest BCUT2D eigenvalue weighted by molar-refractivity contribution is 5.61. The quantitative estimate of drug-likeness (QED) is 0.607. The minimum atomic E-state index is 0.223. The Hall–Kier alpha value is -3.15. The zero-order valence-electron chi connectivity index (χ0n) is 13.7. The van der Waals surface area contributed by atoms with Gasteiger partial charge in [-0.05, 0) is 24.3 Å². The molecule has 25 heavy (non-hydrogen) atoms. The van der Waals surface area contributed by atoms with Crippen molar-refractivity contribution in [1.29, 1.82) is 5.26 Å². The molecular weight excluding hydrogens is 320 g/mol. The first-order valence-electron chi connectivity index (χ1n) is 7.60. The van der Waals surface area contributed by atoms with Gasteiger partial charge in [-0.2, -0.15) is 5.26 Å². The molecule has 0 amide bonds. The molecule has 3 rings (SSSR count). The third kappa shape index (κ3) is 4.03. The molecule has 8 heteroatoms. The lowest BCUT2D eigenvalue weighted by Gasteiger charge is -2.07. The summed E-state index contributed by atoms with van der Waals surface area (Å²) in [5.74, 6) is 1.16. The van der Waals surface area contributed by atoms with Crippen LogP contribution in [-0.4, -0.2) is 45.1 Å². The predicted molar refractivity (Wildman–Crippen MR) is 89.0 cm³/mol. The molecule has 0 bridgehead atoms. The summed E-state index contributed by atoms with van der Waals surface area (Å²) in [6, 6.07) is 9.16. The van der Waals surface area contributed by atoms with Crippen LogP contribution in [0.5, 0.6) is 0 Å². The molecule has 3 aromatic rings. The van der Waals surface area contributed by atoms with E-state index in [-0.39, 0.29) is 6.73 Å². The SMILES string of the molecule is COCCOCn1nc(-c2ccncc2)nc1-c1ccnc(C#N)c1. The van der Waals surface area contributed by atoms with Crippen molar-refractivity contribution in [3.8, 4) is 28.8 Å². The lowest BCUT2D eigenvalue weighted by molar-refractivity contribution is 0.0296. The van der Waals surface area contributed by atoms with Crippen molar-refractivity contribution in [2.75, 3.05) is 20.3 Å². The first-order valence-corrected chi connectivity index (χ1v) is 7.60. The first kappa shape index (κ1) is 16.7. The highest BCUT2D eigenvalue weighted by Crippen LogP contribution is 2.22. The summed E-state index contributed by atoms with van der Waals surface area (Å²) in [5.41, 5.74) is 1.91. The van der Waals surface area contributed by atoms with Crippen LogP contribution in [0, 0.1) is 11.3 Å². The number of nitriles is 1. The summed E-state index contributed by atoms with van der Waals surface area (Å²) in [6.07, 6.45) is 4.95. The lowest BCUT2D eigenvalue weighted by atomic mass is 10.2. The molecule has 3 heterocycles. The van der Waals surface area contributed by atoms with E-state index in [9.17, 15) is 0 Å². The average Bonchev–Trinajstić information content (AvgIpc) is 3.10. The van der Waals surface area contributed by atoms with Gasteiger partial charge in [0.2, 0.25) is 0 Å². The molecule has 0 saturated carbocycles. The van der Waals surface area contributed by atoms with Gasteiger partial charge in [-0.15, -0.1) is 5.10 Å². The topological polar surface area (TPSA) is 98.7 Å². The standard InChI is InChI=1S/C17H16N6O2/c1-24-8-9-25-12-23-17(14-4-7-20-15(10-14)11-18)21-16(22-23)13-2-5-19-6-3-13/h2-7,10H,8-9,12H2,1H3. The molecule has 0 spiro atoms. The van der Waals surface area contributed by atoms with Crippen molar-refractivity contribution in [2.45, 2.75) is 6.73 Å². The molecule has 0 radical (unpaired) electrons. The monoisotopic (exact) mass is 336 g/mol. The Labute approximate surface area is 144 Å². The van der Waals surface area contributed by atoms with Crippen LogP contribution < -0.4 is 0 Å². The average molecular weight is 336 g/mol. The summed E-state index contributed by atoms with van der Waals surface area (Å²) in [6.45, 7) is 1.16. The number of pyridine rings is 2. The number of ether oxygens (including phenoxy) is 2. The fraction of sp³-hybridized carbons (Fsp3) is 0.235. The van der Waals surface area contributed by atoms with Gasteiger partial charge in [0.15, 0.2) is 11.6 Å². The summed E-state index contributed by atoms with van der Waals surface area (Å²) in [7, 11) is 1.62. The van der Waals surface area contributed by atoms with Crippen molar-refractivity contribution < 1.29 is 9.47 Å². The molecular formula is C17H16N6O2. The molecule has 0 aliphatic heterocycles. The number of hydrogen-bond donors (Lipinski definition) is 0. The molecule has 126 valence electrons. The summed E-state index contributed by atoms with van der Waals surface area (Å²) < 4.78 is 12.2. The van der Waals surface area contributed by atoms with E-state index in [1.165, 1.54) is 0 Å². The van der Waals surface area contributed by atoms with Gasteiger partial charge < -0.3 is 9.47 Å². The molecule has 0 aliphatic rings. The third-order valence-electron chi connectivity index (χ3n) is 3.39. The molecule has 3 aromatic heterocycles. The van der Waals surface area contributed by atoms with E-state index in [0.29, 0.717) is 30.6 Å². The van der Waals surface area contributed by atoms with E-state index < -0.39 is 0 Å². The Balaban J connectivity index is 1.96. The van der Waals surface area contributed by atoms with Crippen molar-refractivity contribution in [3.05, 3.63) is 48.5 Å². The van der Waals surface area contributed by atoms with Gasteiger partial charge in [0.05, 0.1) is 13.2 Å². The predicted octanol–water partition coefficient (Wildman–Crippen LogP) is 1.89. The highest BCUT2D eigenvalue weighted by Gasteiger charge is 2.14. The molecule has 0 fully saturated rings. The van der Waals surface area contributed by atoms with Gasteiger partial charge in [-0.25, -0.2) is 14.6 Å². The largest absolute Gasteiger partial charge is 0.382 e. The second-order valence-electron chi connectivity index (χ2n) is 5.07. The van der Waals surface area contributed by atoms with Crippen LogP contribution in [0.15, 0.2) is 42.9 Å². The van der Waals surface area contributed by atoms with E-state index in [4.69, 9.17) is 14.7 Å². The zero-order chi connectivity index (χ0) is 17.5. The smallest absolute Gasteiger partial charge is 0.181 e. The molecule has 0 saturated heterocycles. The second kappa shape index (κ2) is 8.10. The van der Waals surface area contributed by atoms with Gasteiger partial charge in [-0.1, -0.05) is 0 Å². The van der Waals surface area contributed by atoms with Crippen LogP contribution in [0.4, 0.5) is 0 Å². The van der Waals surface area contributed by atoms with Crippen molar-refractivity contribution >= 4 is 0 Å². The molecule has 8 nitrogen and oxygen atoms in total. The Bertz CT molecular complexity index is 872. The van der Waals surface area contributed by atoms with Crippen molar-refractivity contribution in [3.63, 3.8) is 0 Å². The van der Waals surface area contributed by atoms with Crippen LogP contribution in [0.1, 0.15) is 5.69 Å². The Morgan fingerprint density at radius 3 is 2.68 bits per heavy atom. The number of nitrogens with zero attached hydrogens (tertiary/aromatic N) is 6. The minimum Gasteiger partial charge on any atom is -0.382 e. The Morgan fingerprint density at radius 1 is 1.12 bits per heavy atom. The van der Waals surface area contributed by atoms with Gasteiger partial charge in [0.25, 0.3) is 0 Å². The highest BCUT2D eigenvalue weighted by atomic mass is 16.5.